The minimum atomic E-state index is 0. The molecule has 0 aliphatic rings. The molecule has 0 aromatic rings. The molecule has 0 amide bonds. The zero-order valence-corrected chi connectivity index (χ0v) is 8.02. The molecule has 0 aromatic carbocycles. The highest BCUT2D eigenvalue weighted by Gasteiger charge is 1.93. The first kappa shape index (κ1) is 12.0. The number of rotatable bonds is 4. The summed E-state index contributed by atoms with van der Waals surface area (Å²) in [6.45, 7) is 7.20. The Balaban J connectivity index is 0. The second-order valence-corrected chi connectivity index (χ2v) is 2.43. The van der Waals surface area contributed by atoms with E-state index in [4.69, 9.17) is 0 Å². The number of halogens is 1. The highest BCUT2D eigenvalue weighted by atomic mass is 79.9. The Morgan fingerprint density at radius 2 is 1.56 bits per heavy atom. The Morgan fingerprint density at radius 1 is 1.22 bits per heavy atom. The first-order valence-electron chi connectivity index (χ1n) is 2.71. The molecular formula is C7H13BrS. The molecule has 0 nitrogen and oxygen atoms in total. The predicted molar refractivity (Wildman–Crippen MR) is 52.7 cm³/mol. The van der Waals surface area contributed by atoms with Crippen molar-refractivity contribution in [3.05, 3.63) is 25.3 Å². The summed E-state index contributed by atoms with van der Waals surface area (Å²) in [5.41, 5.74) is 0. The maximum Gasteiger partial charge on any atom is 0.00855 e. The van der Waals surface area contributed by atoms with Gasteiger partial charge in [-0.05, 0) is 12.8 Å². The van der Waals surface area contributed by atoms with Crippen molar-refractivity contribution in [2.24, 2.45) is 0 Å². The molecule has 0 aliphatic heterocycles. The Bertz CT molecular complexity index is 71.0. The fourth-order valence-electron chi connectivity index (χ4n) is 0.481. The van der Waals surface area contributed by atoms with Crippen LogP contribution >= 0.6 is 29.6 Å². The van der Waals surface area contributed by atoms with Crippen molar-refractivity contribution in [1.82, 2.24) is 0 Å². The maximum absolute atomic E-state index is 4.25. The summed E-state index contributed by atoms with van der Waals surface area (Å²) < 4.78 is 0. The van der Waals surface area contributed by atoms with Gasteiger partial charge in [0.1, 0.15) is 0 Å². The van der Waals surface area contributed by atoms with Gasteiger partial charge in [-0.15, -0.1) is 30.1 Å². The predicted octanol–water partition coefficient (Wildman–Crippen LogP) is 3.01. The molecule has 0 saturated heterocycles. The largest absolute Gasteiger partial charge is 0.175 e. The van der Waals surface area contributed by atoms with Crippen molar-refractivity contribution in [3.8, 4) is 0 Å². The zero-order chi connectivity index (χ0) is 6.41. The SMILES string of the molecule is Br.C=CCC(S)CC=C. The van der Waals surface area contributed by atoms with Crippen LogP contribution in [0.15, 0.2) is 25.3 Å². The third kappa shape index (κ3) is 8.31. The molecule has 0 aliphatic carbocycles. The van der Waals surface area contributed by atoms with Crippen LogP contribution in [0.5, 0.6) is 0 Å². The van der Waals surface area contributed by atoms with Gasteiger partial charge < -0.3 is 0 Å². The normalized spacial score (nSPS) is 8.22. The molecule has 0 fully saturated rings. The maximum atomic E-state index is 4.25. The Morgan fingerprint density at radius 3 is 1.78 bits per heavy atom. The number of allylic oxidation sites excluding steroid dienone is 2. The third-order valence-electron chi connectivity index (χ3n) is 0.877. The summed E-state index contributed by atoms with van der Waals surface area (Å²) in [7, 11) is 0. The standard InChI is InChI=1S/C7H12S.BrH/c1-3-5-7(8)6-4-2;/h3-4,7-8H,1-2,5-6H2;1H. The summed E-state index contributed by atoms with van der Waals surface area (Å²) in [5.74, 6) is 0. The summed E-state index contributed by atoms with van der Waals surface area (Å²) in [6, 6.07) is 0. The van der Waals surface area contributed by atoms with Gasteiger partial charge in [0.05, 0.1) is 0 Å². The molecule has 2 heteroatoms. The zero-order valence-electron chi connectivity index (χ0n) is 5.42. The van der Waals surface area contributed by atoms with Crippen LogP contribution in [-0.2, 0) is 0 Å². The van der Waals surface area contributed by atoms with Gasteiger partial charge in [-0.25, -0.2) is 0 Å². The molecule has 0 N–H and O–H groups in total. The molecule has 0 radical (unpaired) electrons. The third-order valence-corrected chi connectivity index (χ3v) is 1.30. The van der Waals surface area contributed by atoms with Gasteiger partial charge >= 0.3 is 0 Å². The van der Waals surface area contributed by atoms with Gasteiger partial charge in [-0.1, -0.05) is 12.2 Å². The number of thiol groups is 1. The van der Waals surface area contributed by atoms with Gasteiger partial charge in [-0.2, -0.15) is 12.6 Å². The number of hydrogen-bond acceptors (Lipinski definition) is 1. The smallest absolute Gasteiger partial charge is 0.00855 e. The quantitative estimate of drug-likeness (QED) is 0.534. The average Bonchev–Trinajstić information content (AvgIpc) is 1.68. The Hall–Kier alpha value is 0.310. The lowest BCUT2D eigenvalue weighted by molar-refractivity contribution is 0.901. The molecule has 0 bridgehead atoms. The molecule has 0 unspecified atom stereocenters. The van der Waals surface area contributed by atoms with Crippen molar-refractivity contribution < 1.29 is 0 Å². The molecule has 0 aromatic heterocycles. The summed E-state index contributed by atoms with van der Waals surface area (Å²) in [6.07, 6.45) is 5.69. The van der Waals surface area contributed by atoms with E-state index in [2.05, 4.69) is 25.8 Å². The molecule has 0 rings (SSSR count). The van der Waals surface area contributed by atoms with Crippen LogP contribution in [0.4, 0.5) is 0 Å². The first-order chi connectivity index (χ1) is 3.81. The lowest BCUT2D eigenvalue weighted by Gasteiger charge is -2.00. The highest BCUT2D eigenvalue weighted by molar-refractivity contribution is 8.93. The monoisotopic (exact) mass is 208 g/mol. The first-order valence-corrected chi connectivity index (χ1v) is 3.22. The van der Waals surface area contributed by atoms with Crippen molar-refractivity contribution in [2.75, 3.05) is 0 Å². The van der Waals surface area contributed by atoms with E-state index in [0.29, 0.717) is 5.25 Å². The van der Waals surface area contributed by atoms with Crippen LogP contribution in [0.25, 0.3) is 0 Å². The van der Waals surface area contributed by atoms with Gasteiger partial charge in [0.2, 0.25) is 0 Å². The van der Waals surface area contributed by atoms with Gasteiger partial charge in [-0.3, -0.25) is 0 Å². The van der Waals surface area contributed by atoms with Crippen molar-refractivity contribution in [2.45, 2.75) is 18.1 Å². The van der Waals surface area contributed by atoms with Crippen molar-refractivity contribution >= 4 is 29.6 Å². The minimum absolute atomic E-state index is 0. The van der Waals surface area contributed by atoms with Crippen LogP contribution in [0, 0.1) is 0 Å². The summed E-state index contributed by atoms with van der Waals surface area (Å²) in [5, 5.41) is 0.421. The van der Waals surface area contributed by atoms with E-state index in [-0.39, 0.29) is 17.0 Å². The van der Waals surface area contributed by atoms with Crippen LogP contribution in [-0.4, -0.2) is 5.25 Å². The molecule has 0 spiro atoms. The van der Waals surface area contributed by atoms with Crippen LogP contribution in [0.1, 0.15) is 12.8 Å². The fraction of sp³-hybridized carbons (Fsp3) is 0.429. The second-order valence-electron chi connectivity index (χ2n) is 1.70. The van der Waals surface area contributed by atoms with Crippen LogP contribution < -0.4 is 0 Å². The lowest BCUT2D eigenvalue weighted by atomic mass is 10.2. The Kier molecular flexibility index (Phi) is 11.1. The van der Waals surface area contributed by atoms with E-state index in [1.54, 1.807) is 0 Å². The number of hydrogen-bond donors (Lipinski definition) is 1. The Labute approximate surface area is 73.2 Å². The molecular weight excluding hydrogens is 196 g/mol. The van der Waals surface area contributed by atoms with Gasteiger partial charge in [0, 0.05) is 5.25 Å². The average molecular weight is 209 g/mol. The van der Waals surface area contributed by atoms with Crippen LogP contribution in [0.3, 0.4) is 0 Å². The van der Waals surface area contributed by atoms with E-state index >= 15 is 0 Å². The topological polar surface area (TPSA) is 0 Å². The molecule has 0 atom stereocenters. The highest BCUT2D eigenvalue weighted by Crippen LogP contribution is 2.06. The van der Waals surface area contributed by atoms with E-state index in [9.17, 15) is 0 Å². The van der Waals surface area contributed by atoms with Crippen molar-refractivity contribution in [1.29, 1.82) is 0 Å². The minimum Gasteiger partial charge on any atom is -0.175 e. The molecule has 0 saturated carbocycles. The van der Waals surface area contributed by atoms with Gasteiger partial charge in [0.25, 0.3) is 0 Å². The summed E-state index contributed by atoms with van der Waals surface area (Å²) >= 11 is 4.25. The van der Waals surface area contributed by atoms with Gasteiger partial charge in [0.15, 0.2) is 0 Å². The van der Waals surface area contributed by atoms with E-state index in [1.165, 1.54) is 0 Å². The van der Waals surface area contributed by atoms with Crippen molar-refractivity contribution in [3.63, 3.8) is 0 Å². The summed E-state index contributed by atoms with van der Waals surface area (Å²) in [4.78, 5) is 0. The van der Waals surface area contributed by atoms with E-state index < -0.39 is 0 Å². The van der Waals surface area contributed by atoms with E-state index in [1.807, 2.05) is 12.2 Å². The van der Waals surface area contributed by atoms with E-state index in [0.717, 1.165) is 12.8 Å². The van der Waals surface area contributed by atoms with Crippen LogP contribution in [0.2, 0.25) is 0 Å². The molecule has 54 valence electrons. The lowest BCUT2D eigenvalue weighted by Crippen LogP contribution is -1.92. The second kappa shape index (κ2) is 8.31. The molecule has 9 heavy (non-hydrogen) atoms. The fourth-order valence-corrected chi connectivity index (χ4v) is 0.779. The molecule has 0 heterocycles.